The topological polar surface area (TPSA) is 76.1 Å². The van der Waals surface area contributed by atoms with Crippen LogP contribution in [0, 0.1) is 0 Å². The minimum absolute atomic E-state index is 0.147. The minimum Gasteiger partial charge on any atom is -0.346 e. The number of benzene rings is 3. The van der Waals surface area contributed by atoms with Gasteiger partial charge in [-0.05, 0) is 72.5 Å². The van der Waals surface area contributed by atoms with Crippen molar-refractivity contribution in [3.8, 4) is 22.3 Å². The predicted molar refractivity (Wildman–Crippen MR) is 135 cm³/mol. The van der Waals surface area contributed by atoms with Crippen molar-refractivity contribution in [3.05, 3.63) is 108 Å². The molecule has 6 heteroatoms. The Morgan fingerprint density at radius 2 is 1.44 bits per heavy atom. The molecular weight excluding hydrogens is 444 g/mol. The summed E-state index contributed by atoms with van der Waals surface area (Å²) in [5.74, 6) is -0.348. The fourth-order valence-corrected chi connectivity index (χ4v) is 4.73. The molecule has 5 nitrogen and oxygen atoms in total. The Bertz CT molecular complexity index is 1410. The van der Waals surface area contributed by atoms with Crippen molar-refractivity contribution in [2.75, 3.05) is 0 Å². The van der Waals surface area contributed by atoms with Crippen molar-refractivity contribution >= 4 is 15.7 Å². The van der Waals surface area contributed by atoms with Crippen LogP contribution >= 0.6 is 0 Å². The molecule has 0 saturated heterocycles. The van der Waals surface area contributed by atoms with Crippen molar-refractivity contribution < 1.29 is 13.2 Å². The average molecular weight is 471 g/mol. The van der Waals surface area contributed by atoms with E-state index in [2.05, 4.69) is 34.6 Å². The second-order valence-electron chi connectivity index (χ2n) is 8.29. The number of nitrogens with zero attached hydrogens (tertiary/aromatic N) is 1. The summed E-state index contributed by atoms with van der Waals surface area (Å²) in [6.07, 6.45) is 1.72. The zero-order valence-corrected chi connectivity index (χ0v) is 19.9. The number of hydrogen-bond donors (Lipinski definition) is 1. The van der Waals surface area contributed by atoms with Gasteiger partial charge in [-0.2, -0.15) is 0 Å². The summed E-state index contributed by atoms with van der Waals surface area (Å²) in [6.45, 7) is 3.47. The third-order valence-corrected chi connectivity index (χ3v) is 7.75. The monoisotopic (exact) mass is 470 g/mol. The van der Waals surface area contributed by atoms with Crippen molar-refractivity contribution in [2.24, 2.45) is 0 Å². The summed E-state index contributed by atoms with van der Waals surface area (Å²) in [4.78, 5) is 17.2. The number of amides is 1. The first-order valence-electron chi connectivity index (χ1n) is 11.1. The molecule has 4 aromatic rings. The molecule has 1 aromatic heterocycles. The lowest BCUT2D eigenvalue weighted by Gasteiger charge is -2.10. The first kappa shape index (κ1) is 23.4. The Morgan fingerprint density at radius 1 is 0.794 bits per heavy atom. The number of nitrogens with one attached hydrogen (secondary N) is 1. The SMILES string of the molecule is CC(C)S(=O)(=O)c1cccc(C(=O)NCc2cc(-c3cccc(-c4ccccc4)c3)ccn2)c1. The van der Waals surface area contributed by atoms with Crippen LogP contribution in [0.25, 0.3) is 22.3 Å². The third-order valence-electron chi connectivity index (χ3n) is 5.60. The fraction of sp³-hybridized carbons (Fsp3) is 0.143. The van der Waals surface area contributed by atoms with Crippen LogP contribution in [0.1, 0.15) is 29.9 Å². The molecule has 0 fully saturated rings. The molecule has 0 aliphatic heterocycles. The molecule has 0 unspecified atom stereocenters. The van der Waals surface area contributed by atoms with Crippen LogP contribution in [-0.2, 0) is 16.4 Å². The van der Waals surface area contributed by atoms with Gasteiger partial charge in [0.2, 0.25) is 0 Å². The van der Waals surface area contributed by atoms with Crippen molar-refractivity contribution in [3.63, 3.8) is 0 Å². The number of hydrogen-bond acceptors (Lipinski definition) is 4. The van der Waals surface area contributed by atoms with E-state index in [1.807, 2.05) is 42.5 Å². The standard InChI is InChI=1S/C28H26N2O3S/c1-20(2)34(32,33)27-13-7-12-25(18-27)28(31)30-19-26-17-24(14-15-29-26)23-11-6-10-22(16-23)21-8-4-3-5-9-21/h3-18,20H,19H2,1-2H3,(H,30,31). The lowest BCUT2D eigenvalue weighted by atomic mass is 9.99. The molecule has 172 valence electrons. The van der Waals surface area contributed by atoms with Crippen LogP contribution in [0.15, 0.2) is 102 Å². The Labute approximate surface area is 200 Å². The molecule has 3 aromatic carbocycles. The lowest BCUT2D eigenvalue weighted by molar-refractivity contribution is 0.0950. The molecule has 0 atom stereocenters. The first-order valence-corrected chi connectivity index (χ1v) is 12.6. The van der Waals surface area contributed by atoms with Crippen LogP contribution in [0.2, 0.25) is 0 Å². The number of sulfone groups is 1. The van der Waals surface area contributed by atoms with Crippen LogP contribution in [0.5, 0.6) is 0 Å². The predicted octanol–water partition coefficient (Wildman–Crippen LogP) is 5.53. The minimum atomic E-state index is -3.45. The quantitative estimate of drug-likeness (QED) is 0.385. The summed E-state index contributed by atoms with van der Waals surface area (Å²) in [5, 5.41) is 2.29. The number of aromatic nitrogens is 1. The van der Waals surface area contributed by atoms with Gasteiger partial charge >= 0.3 is 0 Å². The van der Waals surface area contributed by atoms with E-state index in [1.165, 1.54) is 12.1 Å². The van der Waals surface area contributed by atoms with E-state index < -0.39 is 15.1 Å². The lowest BCUT2D eigenvalue weighted by Crippen LogP contribution is -2.24. The van der Waals surface area contributed by atoms with Gasteiger partial charge in [0.15, 0.2) is 9.84 Å². The highest BCUT2D eigenvalue weighted by molar-refractivity contribution is 7.92. The van der Waals surface area contributed by atoms with Gasteiger partial charge in [-0.1, -0.05) is 54.6 Å². The number of pyridine rings is 1. The first-order chi connectivity index (χ1) is 16.3. The van der Waals surface area contributed by atoms with E-state index in [1.54, 1.807) is 32.2 Å². The Kier molecular flexibility index (Phi) is 6.89. The van der Waals surface area contributed by atoms with Gasteiger partial charge in [0.25, 0.3) is 5.91 Å². The molecular formula is C28H26N2O3S. The maximum absolute atomic E-state index is 12.7. The second kappa shape index (κ2) is 10.0. The van der Waals surface area contributed by atoms with Crippen LogP contribution in [-0.4, -0.2) is 24.6 Å². The molecule has 0 spiro atoms. The Morgan fingerprint density at radius 3 is 2.18 bits per heavy atom. The summed E-state index contributed by atoms with van der Waals surface area (Å²) >= 11 is 0. The highest BCUT2D eigenvalue weighted by Gasteiger charge is 2.20. The van der Waals surface area contributed by atoms with E-state index in [0.29, 0.717) is 11.3 Å². The van der Waals surface area contributed by atoms with Crippen molar-refractivity contribution in [1.29, 1.82) is 0 Å². The van der Waals surface area contributed by atoms with Gasteiger partial charge in [-0.15, -0.1) is 0 Å². The molecule has 0 bridgehead atoms. The Balaban J connectivity index is 1.50. The molecule has 0 saturated carbocycles. The fourth-order valence-electron chi connectivity index (χ4n) is 3.62. The normalized spacial score (nSPS) is 11.4. The van der Waals surface area contributed by atoms with Crippen LogP contribution < -0.4 is 5.32 Å². The summed E-state index contributed by atoms with van der Waals surface area (Å²) in [7, 11) is -3.45. The van der Waals surface area contributed by atoms with Gasteiger partial charge in [-0.25, -0.2) is 8.42 Å². The summed E-state index contributed by atoms with van der Waals surface area (Å²) in [6, 6.07) is 28.5. The van der Waals surface area contributed by atoms with E-state index in [9.17, 15) is 13.2 Å². The largest absolute Gasteiger partial charge is 0.346 e. The molecule has 0 aliphatic rings. The number of carbonyl (C=O) groups excluding carboxylic acids is 1. The average Bonchev–Trinajstić information content (AvgIpc) is 2.88. The molecule has 4 rings (SSSR count). The smallest absolute Gasteiger partial charge is 0.251 e. The Hall–Kier alpha value is -3.77. The van der Waals surface area contributed by atoms with E-state index >= 15 is 0 Å². The third kappa shape index (κ3) is 5.24. The number of carbonyl (C=O) groups is 1. The zero-order valence-electron chi connectivity index (χ0n) is 19.1. The van der Waals surface area contributed by atoms with Crippen LogP contribution in [0.3, 0.4) is 0 Å². The molecule has 1 N–H and O–H groups in total. The van der Waals surface area contributed by atoms with Crippen LogP contribution in [0.4, 0.5) is 0 Å². The van der Waals surface area contributed by atoms with Gasteiger partial charge in [0.1, 0.15) is 0 Å². The van der Waals surface area contributed by atoms with E-state index in [4.69, 9.17) is 0 Å². The van der Waals surface area contributed by atoms with Gasteiger partial charge in [-0.3, -0.25) is 9.78 Å². The van der Waals surface area contributed by atoms with Gasteiger partial charge in [0, 0.05) is 11.8 Å². The van der Waals surface area contributed by atoms with E-state index in [0.717, 1.165) is 22.3 Å². The van der Waals surface area contributed by atoms with Gasteiger partial charge in [0.05, 0.1) is 22.4 Å². The van der Waals surface area contributed by atoms with Crippen molar-refractivity contribution in [2.45, 2.75) is 30.5 Å². The molecule has 1 amide bonds. The van der Waals surface area contributed by atoms with E-state index in [-0.39, 0.29) is 17.3 Å². The number of rotatable bonds is 7. The maximum atomic E-state index is 12.7. The highest BCUT2D eigenvalue weighted by atomic mass is 32.2. The highest BCUT2D eigenvalue weighted by Crippen LogP contribution is 2.26. The summed E-state index contributed by atoms with van der Waals surface area (Å²) < 4.78 is 24.9. The molecule has 0 aliphatic carbocycles. The maximum Gasteiger partial charge on any atom is 0.251 e. The molecule has 0 radical (unpaired) electrons. The summed E-state index contributed by atoms with van der Waals surface area (Å²) in [5.41, 5.74) is 5.34. The van der Waals surface area contributed by atoms with Gasteiger partial charge < -0.3 is 5.32 Å². The second-order valence-corrected chi connectivity index (χ2v) is 10.8. The zero-order chi connectivity index (χ0) is 24.1. The molecule has 34 heavy (non-hydrogen) atoms. The van der Waals surface area contributed by atoms with Crippen molar-refractivity contribution in [1.82, 2.24) is 10.3 Å². The molecule has 1 heterocycles.